The molecule has 0 unspecified atom stereocenters. The molecule has 0 aliphatic carbocycles. The first-order valence-electron chi connectivity index (χ1n) is 15.0. The van der Waals surface area contributed by atoms with Crippen molar-refractivity contribution in [2.24, 2.45) is 0 Å². The van der Waals surface area contributed by atoms with Crippen molar-refractivity contribution in [1.82, 2.24) is 0 Å². The van der Waals surface area contributed by atoms with Crippen molar-refractivity contribution in [3.05, 3.63) is 0 Å². The maximum Gasteiger partial charge on any atom is 0.308 e. The molecule has 0 atom stereocenters. The van der Waals surface area contributed by atoms with Gasteiger partial charge in [0.05, 0.1) is 152 Å². The monoisotopic (exact) mass is 630 g/mol. The zero-order valence-corrected chi connectivity index (χ0v) is 27.6. The Bertz CT molecular complexity index is 552. The molecule has 0 N–H and O–H groups in total. The van der Waals surface area contributed by atoms with Gasteiger partial charge in [0.2, 0.25) is 0 Å². The van der Waals surface area contributed by atoms with E-state index in [1.165, 1.54) is 0 Å². The van der Waals surface area contributed by atoms with E-state index in [1.807, 2.05) is 0 Å². The average Bonchev–Trinajstić information content (AvgIpc) is 2.95. The second-order valence-corrected chi connectivity index (χ2v) is 14.2. The fourth-order valence-corrected chi connectivity index (χ4v) is 3.57. The summed E-state index contributed by atoms with van der Waals surface area (Å²) in [5.41, 5.74) is 0. The quantitative estimate of drug-likeness (QED) is 0.0576. The van der Waals surface area contributed by atoms with Gasteiger partial charge in [0.15, 0.2) is 8.32 Å². The first-order chi connectivity index (χ1) is 20.5. The Kier molecular flexibility index (Phi) is 32.6. The van der Waals surface area contributed by atoms with E-state index in [9.17, 15) is 4.79 Å². The number of hydrogen-bond donors (Lipinski definition) is 0. The average molecular weight is 631 g/mol. The van der Waals surface area contributed by atoms with Crippen molar-refractivity contribution in [3.63, 3.8) is 0 Å². The van der Waals surface area contributed by atoms with Crippen LogP contribution in [-0.4, -0.2) is 160 Å². The second-order valence-electron chi connectivity index (χ2n) is 9.64. The van der Waals surface area contributed by atoms with Crippen LogP contribution in [0.15, 0.2) is 0 Å². The van der Waals surface area contributed by atoms with Gasteiger partial charge in [-0.25, -0.2) is 0 Å². The number of rotatable bonds is 35. The number of ether oxygens (including phenoxy) is 11. The van der Waals surface area contributed by atoms with Crippen molar-refractivity contribution in [1.29, 1.82) is 0 Å². The molecule has 0 aliphatic heterocycles. The normalized spacial score (nSPS) is 11.8. The Hall–Kier alpha value is -0.753. The molecule has 0 saturated heterocycles. The van der Waals surface area contributed by atoms with Crippen LogP contribution in [-0.2, 0) is 61.3 Å². The maximum absolute atomic E-state index is 11.1. The summed E-state index contributed by atoms with van der Waals surface area (Å²) in [5, 5.41) is 0. The number of carbonyl (C=O) groups excluding carboxylic acids is 1. The first-order valence-corrected chi connectivity index (χ1v) is 18.4. The molecule has 14 heteroatoms. The van der Waals surface area contributed by atoms with Crippen LogP contribution in [0.4, 0.5) is 0 Å². The van der Waals surface area contributed by atoms with Gasteiger partial charge in [-0.05, 0) is 26.6 Å². The highest BCUT2D eigenvalue weighted by Crippen LogP contribution is 2.01. The third-order valence-electron chi connectivity index (χ3n) is 4.87. The van der Waals surface area contributed by atoms with Crippen molar-refractivity contribution >= 4 is 14.3 Å². The molecule has 0 aromatic rings. The standard InChI is InChI=1S/C28H58O13Si/c1-5-40-28(29)6-7-30-8-9-31-10-11-32-12-13-33-14-15-34-16-17-35-18-19-36-20-21-37-22-23-38-24-25-39-26-27-41-42(2,3)4/h5-27H2,1-4H3. The van der Waals surface area contributed by atoms with Gasteiger partial charge >= 0.3 is 5.97 Å². The summed E-state index contributed by atoms with van der Waals surface area (Å²) in [5.74, 6) is -0.249. The van der Waals surface area contributed by atoms with Crippen LogP contribution in [0.1, 0.15) is 13.3 Å². The molecule has 0 saturated carbocycles. The fraction of sp³-hybridized carbons (Fsp3) is 0.964. The lowest BCUT2D eigenvalue weighted by molar-refractivity contribution is -0.144. The molecule has 252 valence electrons. The van der Waals surface area contributed by atoms with E-state index in [1.54, 1.807) is 6.92 Å². The van der Waals surface area contributed by atoms with E-state index in [-0.39, 0.29) is 12.4 Å². The summed E-state index contributed by atoms with van der Waals surface area (Å²) in [4.78, 5) is 11.1. The number of hydrogen-bond acceptors (Lipinski definition) is 13. The molecule has 13 nitrogen and oxygen atoms in total. The molecular formula is C28H58O13Si. The topological polar surface area (TPSA) is 128 Å². The van der Waals surface area contributed by atoms with Crippen LogP contribution in [0.2, 0.25) is 19.6 Å². The lowest BCUT2D eigenvalue weighted by Crippen LogP contribution is -2.27. The Morgan fingerprint density at radius 1 is 0.405 bits per heavy atom. The van der Waals surface area contributed by atoms with E-state index in [4.69, 9.17) is 56.5 Å². The maximum atomic E-state index is 11.1. The van der Waals surface area contributed by atoms with Gasteiger partial charge in [-0.15, -0.1) is 0 Å². The summed E-state index contributed by atoms with van der Waals surface area (Å²) in [7, 11) is -1.45. The highest BCUT2D eigenvalue weighted by Gasteiger charge is 2.13. The van der Waals surface area contributed by atoms with Crippen LogP contribution in [0, 0.1) is 0 Å². The smallest absolute Gasteiger partial charge is 0.308 e. The molecule has 0 aromatic carbocycles. The van der Waals surface area contributed by atoms with Crippen LogP contribution in [0.25, 0.3) is 0 Å². The van der Waals surface area contributed by atoms with E-state index in [2.05, 4.69) is 19.6 Å². The minimum absolute atomic E-state index is 0.249. The van der Waals surface area contributed by atoms with E-state index < -0.39 is 8.32 Å². The first kappa shape index (κ1) is 41.2. The van der Waals surface area contributed by atoms with Crippen molar-refractivity contribution < 1.29 is 61.3 Å². The largest absolute Gasteiger partial charge is 0.466 e. The van der Waals surface area contributed by atoms with Gasteiger partial charge in [-0.2, -0.15) is 0 Å². The minimum Gasteiger partial charge on any atom is -0.466 e. The van der Waals surface area contributed by atoms with Gasteiger partial charge in [-0.1, -0.05) is 0 Å². The van der Waals surface area contributed by atoms with Crippen LogP contribution in [0.5, 0.6) is 0 Å². The van der Waals surface area contributed by atoms with E-state index in [0.29, 0.717) is 145 Å². The van der Waals surface area contributed by atoms with Gasteiger partial charge in [0.25, 0.3) is 0 Å². The molecular weight excluding hydrogens is 572 g/mol. The Labute approximate surface area is 254 Å². The second kappa shape index (κ2) is 33.1. The molecule has 0 aliphatic rings. The lowest BCUT2D eigenvalue weighted by Gasteiger charge is -2.16. The predicted molar refractivity (Wildman–Crippen MR) is 159 cm³/mol. The molecule has 0 heterocycles. The van der Waals surface area contributed by atoms with Gasteiger partial charge in [0.1, 0.15) is 0 Å². The summed E-state index contributed by atoms with van der Waals surface area (Å²) in [6, 6.07) is 0. The molecule has 42 heavy (non-hydrogen) atoms. The molecule has 0 fully saturated rings. The van der Waals surface area contributed by atoms with Crippen LogP contribution >= 0.6 is 0 Å². The highest BCUT2D eigenvalue weighted by molar-refractivity contribution is 6.69. The molecule has 0 spiro atoms. The van der Waals surface area contributed by atoms with Gasteiger partial charge in [0, 0.05) is 0 Å². The van der Waals surface area contributed by atoms with Crippen molar-refractivity contribution in [3.8, 4) is 0 Å². The molecule has 0 aromatic heterocycles. The summed E-state index contributed by atoms with van der Waals surface area (Å²) in [6.07, 6.45) is 0.258. The Morgan fingerprint density at radius 3 is 0.881 bits per heavy atom. The predicted octanol–water partition coefficient (Wildman–Crippen LogP) is 1.96. The van der Waals surface area contributed by atoms with E-state index >= 15 is 0 Å². The van der Waals surface area contributed by atoms with Gasteiger partial charge in [-0.3, -0.25) is 4.79 Å². The van der Waals surface area contributed by atoms with Crippen molar-refractivity contribution in [2.45, 2.75) is 33.0 Å². The molecule has 0 radical (unpaired) electrons. The zero-order valence-electron chi connectivity index (χ0n) is 26.6. The highest BCUT2D eigenvalue weighted by atomic mass is 28.4. The van der Waals surface area contributed by atoms with Crippen molar-refractivity contribution in [2.75, 3.05) is 145 Å². The van der Waals surface area contributed by atoms with Crippen LogP contribution < -0.4 is 0 Å². The molecule has 0 rings (SSSR count). The van der Waals surface area contributed by atoms with E-state index in [0.717, 1.165) is 0 Å². The number of carbonyl (C=O) groups is 1. The Morgan fingerprint density at radius 2 is 0.643 bits per heavy atom. The minimum atomic E-state index is -1.45. The summed E-state index contributed by atoms with van der Waals surface area (Å²) in [6.45, 7) is 19.3. The zero-order chi connectivity index (χ0) is 30.8. The van der Waals surface area contributed by atoms with Gasteiger partial charge < -0.3 is 56.5 Å². The fourth-order valence-electron chi connectivity index (χ4n) is 2.88. The number of esters is 1. The third kappa shape index (κ3) is 37.3. The summed E-state index contributed by atoms with van der Waals surface area (Å²) < 4.78 is 64.9. The third-order valence-corrected chi connectivity index (χ3v) is 5.94. The SMILES string of the molecule is CCOC(=O)CCOCCOCCOCCOCCOCCOCCOCCOCCOCCOCCO[Si](C)(C)C. The van der Waals surface area contributed by atoms with Crippen LogP contribution in [0.3, 0.4) is 0 Å². The molecule has 0 bridgehead atoms. The lowest BCUT2D eigenvalue weighted by atomic mass is 10.5. The Balaban J connectivity index is 3.07. The summed E-state index contributed by atoms with van der Waals surface area (Å²) >= 11 is 0. The molecule has 0 amide bonds.